The molecule has 2 unspecified atom stereocenters. The van der Waals surface area contributed by atoms with Crippen LogP contribution in [0.5, 0.6) is 11.5 Å². The number of nitrogens with one attached hydrogen (secondary N) is 2. The lowest BCUT2D eigenvalue weighted by atomic mass is 10.2. The number of hydrogen-bond acceptors (Lipinski definition) is 5. The van der Waals surface area contributed by atoms with Gasteiger partial charge in [-0.2, -0.15) is 0 Å². The van der Waals surface area contributed by atoms with Crippen molar-refractivity contribution in [1.29, 1.82) is 0 Å². The Morgan fingerprint density at radius 1 is 1.36 bits per heavy atom. The van der Waals surface area contributed by atoms with Crippen molar-refractivity contribution >= 4 is 17.6 Å². The first kappa shape index (κ1) is 17.3. The van der Waals surface area contributed by atoms with E-state index in [0.717, 1.165) is 5.69 Å². The van der Waals surface area contributed by atoms with Gasteiger partial charge < -0.3 is 30.1 Å². The van der Waals surface area contributed by atoms with Crippen LogP contribution in [0.1, 0.15) is 19.8 Å². The summed E-state index contributed by atoms with van der Waals surface area (Å²) in [5.41, 5.74) is 0.723. The van der Waals surface area contributed by atoms with E-state index in [1.54, 1.807) is 17.0 Å². The van der Waals surface area contributed by atoms with E-state index >= 15 is 0 Å². The largest absolute Gasteiger partial charge is 0.486 e. The van der Waals surface area contributed by atoms with Gasteiger partial charge in [0.05, 0.1) is 18.7 Å². The highest BCUT2D eigenvalue weighted by Crippen LogP contribution is 2.35. The van der Waals surface area contributed by atoms with E-state index in [9.17, 15) is 9.59 Å². The van der Waals surface area contributed by atoms with Crippen molar-refractivity contribution in [1.82, 2.24) is 10.6 Å². The van der Waals surface area contributed by atoms with Crippen LogP contribution in [-0.4, -0.2) is 55.5 Å². The van der Waals surface area contributed by atoms with Crippen molar-refractivity contribution < 1.29 is 24.2 Å². The van der Waals surface area contributed by atoms with Crippen LogP contribution >= 0.6 is 0 Å². The Labute approximate surface area is 146 Å². The minimum atomic E-state index is -0.372. The molecule has 3 amide bonds. The number of carbonyl (C=O) groups excluding carboxylic acids is 2. The van der Waals surface area contributed by atoms with Crippen LogP contribution in [0, 0.1) is 0 Å². The van der Waals surface area contributed by atoms with E-state index in [2.05, 4.69) is 10.6 Å². The van der Waals surface area contributed by atoms with E-state index < -0.39 is 0 Å². The number of fused-ring (bicyclic) bond motifs is 1. The summed E-state index contributed by atoms with van der Waals surface area (Å²) >= 11 is 0. The number of amides is 3. The number of aliphatic hydroxyl groups excluding tert-OH is 1. The number of aliphatic hydroxyl groups is 1. The molecule has 25 heavy (non-hydrogen) atoms. The lowest BCUT2D eigenvalue weighted by molar-refractivity contribution is -0.117. The van der Waals surface area contributed by atoms with Gasteiger partial charge in [0.1, 0.15) is 13.2 Å². The van der Waals surface area contributed by atoms with Crippen LogP contribution in [0.25, 0.3) is 0 Å². The van der Waals surface area contributed by atoms with Crippen LogP contribution in [0.2, 0.25) is 0 Å². The number of carbonyl (C=O) groups is 2. The molecule has 2 heterocycles. The maximum Gasteiger partial charge on any atom is 0.315 e. The fourth-order valence-electron chi connectivity index (χ4n) is 2.94. The van der Waals surface area contributed by atoms with Crippen molar-refractivity contribution in [2.24, 2.45) is 0 Å². The van der Waals surface area contributed by atoms with Gasteiger partial charge in [-0.25, -0.2) is 4.79 Å². The fraction of sp³-hybridized carbons (Fsp3) is 0.529. The predicted molar refractivity (Wildman–Crippen MR) is 91.0 cm³/mol. The monoisotopic (exact) mass is 349 g/mol. The van der Waals surface area contributed by atoms with E-state index in [1.807, 2.05) is 13.0 Å². The van der Waals surface area contributed by atoms with E-state index in [1.165, 1.54) is 0 Å². The molecule has 0 aliphatic carbocycles. The number of nitrogens with zero attached hydrogens (tertiary/aromatic N) is 1. The minimum Gasteiger partial charge on any atom is -0.486 e. The molecule has 8 heteroatoms. The number of hydrogen-bond donors (Lipinski definition) is 3. The standard InChI is InChI=1S/C17H23N3O5/c1-2-11(10-21)18-17(23)19-12-7-16(22)20(9-12)13-3-4-14-15(8-13)25-6-5-24-14/h3-4,8,11-12,21H,2,5-7,9-10H2,1H3,(H2,18,19,23). The van der Waals surface area contributed by atoms with Crippen molar-refractivity contribution in [2.75, 3.05) is 31.3 Å². The molecule has 2 atom stereocenters. The van der Waals surface area contributed by atoms with Crippen molar-refractivity contribution in [3.05, 3.63) is 18.2 Å². The Balaban J connectivity index is 1.62. The van der Waals surface area contributed by atoms with Crippen LogP contribution in [0.4, 0.5) is 10.5 Å². The molecular formula is C17H23N3O5. The van der Waals surface area contributed by atoms with Crippen molar-refractivity contribution in [2.45, 2.75) is 31.8 Å². The van der Waals surface area contributed by atoms with Gasteiger partial charge in [0.25, 0.3) is 0 Å². The Kier molecular flexibility index (Phi) is 5.28. The first-order valence-electron chi connectivity index (χ1n) is 8.48. The zero-order valence-corrected chi connectivity index (χ0v) is 14.2. The van der Waals surface area contributed by atoms with Gasteiger partial charge in [0, 0.05) is 24.7 Å². The quantitative estimate of drug-likeness (QED) is 0.724. The third-order valence-electron chi connectivity index (χ3n) is 4.35. The average molecular weight is 349 g/mol. The van der Waals surface area contributed by atoms with Gasteiger partial charge in [-0.3, -0.25) is 4.79 Å². The van der Waals surface area contributed by atoms with Gasteiger partial charge in [0.2, 0.25) is 5.91 Å². The number of anilines is 1. The van der Waals surface area contributed by atoms with E-state index in [0.29, 0.717) is 37.7 Å². The summed E-state index contributed by atoms with van der Waals surface area (Å²) in [6.45, 7) is 3.16. The summed E-state index contributed by atoms with van der Waals surface area (Å²) < 4.78 is 11.0. The van der Waals surface area contributed by atoms with Gasteiger partial charge >= 0.3 is 6.03 Å². The van der Waals surface area contributed by atoms with Crippen LogP contribution in [-0.2, 0) is 4.79 Å². The predicted octanol–water partition coefficient (Wildman–Crippen LogP) is 0.633. The molecule has 1 aromatic rings. The smallest absolute Gasteiger partial charge is 0.315 e. The highest BCUT2D eigenvalue weighted by atomic mass is 16.6. The molecule has 0 spiro atoms. The molecule has 0 aromatic heterocycles. The molecule has 3 N–H and O–H groups in total. The topological polar surface area (TPSA) is 100 Å². The molecular weight excluding hydrogens is 326 g/mol. The fourth-order valence-corrected chi connectivity index (χ4v) is 2.94. The van der Waals surface area contributed by atoms with Crippen molar-refractivity contribution in [3.63, 3.8) is 0 Å². The molecule has 0 saturated carbocycles. The highest BCUT2D eigenvalue weighted by Gasteiger charge is 2.32. The normalized spacial score (nSPS) is 20.3. The SMILES string of the molecule is CCC(CO)NC(=O)NC1CC(=O)N(c2ccc3c(c2)OCCO3)C1. The summed E-state index contributed by atoms with van der Waals surface area (Å²) in [7, 11) is 0. The Hall–Kier alpha value is -2.48. The van der Waals surface area contributed by atoms with Crippen LogP contribution < -0.4 is 25.0 Å². The zero-order valence-electron chi connectivity index (χ0n) is 14.2. The molecule has 3 rings (SSSR count). The maximum atomic E-state index is 12.3. The van der Waals surface area contributed by atoms with Crippen LogP contribution in [0.3, 0.4) is 0 Å². The Bertz CT molecular complexity index is 647. The average Bonchev–Trinajstić information content (AvgIpc) is 2.99. The van der Waals surface area contributed by atoms with Gasteiger partial charge in [-0.1, -0.05) is 6.92 Å². The summed E-state index contributed by atoms with van der Waals surface area (Å²) in [6, 6.07) is 4.45. The van der Waals surface area contributed by atoms with Crippen LogP contribution in [0.15, 0.2) is 18.2 Å². The second-order valence-electron chi connectivity index (χ2n) is 6.14. The molecule has 0 radical (unpaired) electrons. The lowest BCUT2D eigenvalue weighted by Gasteiger charge is -2.22. The number of urea groups is 1. The maximum absolute atomic E-state index is 12.3. The van der Waals surface area contributed by atoms with Gasteiger partial charge in [0.15, 0.2) is 11.5 Å². The Morgan fingerprint density at radius 2 is 2.12 bits per heavy atom. The summed E-state index contributed by atoms with van der Waals surface area (Å²) in [4.78, 5) is 25.9. The molecule has 2 aliphatic rings. The molecule has 2 aliphatic heterocycles. The molecule has 136 valence electrons. The van der Waals surface area contributed by atoms with Gasteiger partial charge in [-0.05, 0) is 18.6 Å². The first-order valence-corrected chi connectivity index (χ1v) is 8.48. The third-order valence-corrected chi connectivity index (χ3v) is 4.35. The second kappa shape index (κ2) is 7.60. The molecule has 1 saturated heterocycles. The van der Waals surface area contributed by atoms with Crippen molar-refractivity contribution in [3.8, 4) is 11.5 Å². The number of benzene rings is 1. The summed E-state index contributed by atoms with van der Waals surface area (Å²) in [6.07, 6.45) is 0.870. The molecule has 1 aromatic carbocycles. The summed E-state index contributed by atoms with van der Waals surface area (Å²) in [5.74, 6) is 1.24. The molecule has 0 bridgehead atoms. The minimum absolute atomic E-state index is 0.0591. The zero-order chi connectivity index (χ0) is 17.8. The van der Waals surface area contributed by atoms with E-state index in [4.69, 9.17) is 14.6 Å². The summed E-state index contributed by atoms with van der Waals surface area (Å²) in [5, 5.41) is 14.6. The van der Waals surface area contributed by atoms with Gasteiger partial charge in [-0.15, -0.1) is 0 Å². The third kappa shape index (κ3) is 3.96. The molecule has 8 nitrogen and oxygen atoms in total. The lowest BCUT2D eigenvalue weighted by Crippen LogP contribution is -2.48. The Morgan fingerprint density at radius 3 is 2.84 bits per heavy atom. The molecule has 1 fully saturated rings. The number of rotatable bonds is 5. The second-order valence-corrected chi connectivity index (χ2v) is 6.14. The first-order chi connectivity index (χ1) is 12.1. The number of ether oxygens (including phenoxy) is 2. The highest BCUT2D eigenvalue weighted by molar-refractivity contribution is 5.97. The van der Waals surface area contributed by atoms with E-state index in [-0.39, 0.29) is 37.0 Å².